The molecule has 3 N–H and O–H groups in total. The zero-order valence-corrected chi connectivity index (χ0v) is 10.7. The molecule has 0 radical (unpaired) electrons. The molecule has 0 fully saturated rings. The Labute approximate surface area is 103 Å². The summed E-state index contributed by atoms with van der Waals surface area (Å²) in [5.41, 5.74) is 0.712. The van der Waals surface area contributed by atoms with Crippen LogP contribution in [-0.4, -0.2) is 29.0 Å². The second-order valence-electron chi connectivity index (χ2n) is 4.76. The van der Waals surface area contributed by atoms with Crippen molar-refractivity contribution >= 4 is 0 Å². The van der Waals surface area contributed by atoms with E-state index in [1.54, 1.807) is 0 Å². The number of benzene rings is 1. The summed E-state index contributed by atoms with van der Waals surface area (Å²) in [7, 11) is 0. The Balaban J connectivity index is 2.75. The summed E-state index contributed by atoms with van der Waals surface area (Å²) < 4.78 is 0. The van der Waals surface area contributed by atoms with Crippen molar-refractivity contribution < 1.29 is 10.2 Å². The molecule has 0 amide bonds. The maximum absolute atomic E-state index is 9.46. The second kappa shape index (κ2) is 6.74. The molecule has 0 aliphatic heterocycles. The highest BCUT2D eigenvalue weighted by Crippen LogP contribution is 2.19. The van der Waals surface area contributed by atoms with Crippen LogP contribution >= 0.6 is 0 Å². The van der Waals surface area contributed by atoms with E-state index in [1.165, 1.54) is 0 Å². The molecule has 3 heteroatoms. The third-order valence-electron chi connectivity index (χ3n) is 3.06. The van der Waals surface area contributed by atoms with Gasteiger partial charge in [0, 0.05) is 5.54 Å². The molecular formula is C14H23NO2. The van der Waals surface area contributed by atoms with Gasteiger partial charge in [0.25, 0.3) is 0 Å². The van der Waals surface area contributed by atoms with Gasteiger partial charge in [0.15, 0.2) is 0 Å². The first-order valence-electron chi connectivity index (χ1n) is 6.19. The van der Waals surface area contributed by atoms with E-state index in [0.717, 1.165) is 18.4 Å². The Morgan fingerprint density at radius 1 is 1.24 bits per heavy atom. The van der Waals surface area contributed by atoms with Gasteiger partial charge >= 0.3 is 0 Å². The van der Waals surface area contributed by atoms with Gasteiger partial charge in [-0.15, -0.1) is 0 Å². The minimum absolute atomic E-state index is 0.0311. The molecule has 0 saturated heterocycles. The zero-order chi connectivity index (χ0) is 12.7. The van der Waals surface area contributed by atoms with Crippen LogP contribution in [0.25, 0.3) is 0 Å². The van der Waals surface area contributed by atoms with Crippen LogP contribution in [0.1, 0.15) is 38.3 Å². The highest BCUT2D eigenvalue weighted by atomic mass is 16.3. The molecular weight excluding hydrogens is 214 g/mol. The molecule has 17 heavy (non-hydrogen) atoms. The lowest BCUT2D eigenvalue weighted by molar-refractivity contribution is 0.130. The fourth-order valence-corrected chi connectivity index (χ4v) is 2.09. The summed E-state index contributed by atoms with van der Waals surface area (Å²) in [5, 5.41) is 22.3. The summed E-state index contributed by atoms with van der Waals surface area (Å²) in [4.78, 5) is 0. The van der Waals surface area contributed by atoms with Crippen molar-refractivity contribution in [3.63, 3.8) is 0 Å². The number of hydrogen-bond donors (Lipinski definition) is 3. The molecule has 0 aliphatic carbocycles. The van der Waals surface area contributed by atoms with Crippen LogP contribution < -0.4 is 5.32 Å². The minimum atomic E-state index is -0.335. The van der Waals surface area contributed by atoms with Crippen molar-refractivity contribution in [1.29, 1.82) is 0 Å². The fourth-order valence-electron chi connectivity index (χ4n) is 2.09. The molecule has 0 aromatic heterocycles. The van der Waals surface area contributed by atoms with Crippen molar-refractivity contribution in [1.82, 2.24) is 5.32 Å². The van der Waals surface area contributed by atoms with Crippen LogP contribution in [0.2, 0.25) is 0 Å². The Kier molecular flexibility index (Phi) is 5.62. The first kappa shape index (κ1) is 14.2. The van der Waals surface area contributed by atoms with Crippen LogP contribution in [0.4, 0.5) is 0 Å². The predicted octanol–water partition coefficient (Wildman–Crippen LogP) is 1.86. The molecule has 96 valence electrons. The fraction of sp³-hybridized carbons (Fsp3) is 0.571. The van der Waals surface area contributed by atoms with Crippen LogP contribution in [0.3, 0.4) is 0 Å². The van der Waals surface area contributed by atoms with Gasteiger partial charge in [-0.05, 0) is 18.9 Å². The molecule has 0 heterocycles. The Morgan fingerprint density at radius 2 is 1.88 bits per heavy atom. The van der Waals surface area contributed by atoms with Gasteiger partial charge in [0.05, 0.1) is 19.3 Å². The van der Waals surface area contributed by atoms with Gasteiger partial charge in [-0.3, -0.25) is 0 Å². The lowest BCUT2D eigenvalue weighted by atomic mass is 9.94. The van der Waals surface area contributed by atoms with E-state index in [-0.39, 0.29) is 24.8 Å². The summed E-state index contributed by atoms with van der Waals surface area (Å²) in [6.07, 6.45) is 1.88. The third kappa shape index (κ3) is 4.11. The summed E-state index contributed by atoms with van der Waals surface area (Å²) in [5.74, 6) is 0. The van der Waals surface area contributed by atoms with Gasteiger partial charge < -0.3 is 15.5 Å². The average molecular weight is 237 g/mol. The SMILES string of the molecule is CCC[C@](C)(CO)N[C@@H](CO)c1ccccc1. The van der Waals surface area contributed by atoms with E-state index in [2.05, 4.69) is 12.2 Å². The van der Waals surface area contributed by atoms with E-state index in [0.29, 0.717) is 0 Å². The van der Waals surface area contributed by atoms with Crippen LogP contribution in [0, 0.1) is 0 Å². The van der Waals surface area contributed by atoms with E-state index in [4.69, 9.17) is 0 Å². The highest BCUT2D eigenvalue weighted by molar-refractivity contribution is 5.19. The number of aliphatic hydroxyl groups excluding tert-OH is 2. The number of rotatable bonds is 7. The van der Waals surface area contributed by atoms with Crippen molar-refractivity contribution in [2.24, 2.45) is 0 Å². The summed E-state index contributed by atoms with van der Waals surface area (Å²) in [6, 6.07) is 9.70. The molecule has 0 saturated carbocycles. The number of hydrogen-bond acceptors (Lipinski definition) is 3. The van der Waals surface area contributed by atoms with Gasteiger partial charge in [0.1, 0.15) is 0 Å². The lowest BCUT2D eigenvalue weighted by Crippen LogP contribution is -2.48. The normalized spacial score (nSPS) is 16.5. The van der Waals surface area contributed by atoms with Crippen LogP contribution in [0.15, 0.2) is 30.3 Å². The number of aliphatic hydroxyl groups is 2. The summed E-state index contributed by atoms with van der Waals surface area (Å²) in [6.45, 7) is 4.18. The standard InChI is InChI=1S/C14H23NO2/c1-3-9-14(2,11-17)15-13(10-16)12-7-5-4-6-8-12/h4-8,13,15-17H,3,9-11H2,1-2H3/t13-,14+/m0/s1. The van der Waals surface area contributed by atoms with E-state index < -0.39 is 0 Å². The topological polar surface area (TPSA) is 52.5 Å². The molecule has 1 aromatic carbocycles. The maximum atomic E-state index is 9.46. The molecule has 0 aliphatic rings. The monoisotopic (exact) mass is 237 g/mol. The van der Waals surface area contributed by atoms with Crippen molar-refractivity contribution in [2.45, 2.75) is 38.3 Å². The molecule has 2 atom stereocenters. The minimum Gasteiger partial charge on any atom is -0.394 e. The average Bonchev–Trinajstić information content (AvgIpc) is 2.37. The molecule has 1 rings (SSSR count). The van der Waals surface area contributed by atoms with E-state index in [9.17, 15) is 10.2 Å². The molecule has 3 nitrogen and oxygen atoms in total. The smallest absolute Gasteiger partial charge is 0.0626 e. The highest BCUT2D eigenvalue weighted by Gasteiger charge is 2.25. The zero-order valence-electron chi connectivity index (χ0n) is 10.7. The molecule has 0 bridgehead atoms. The molecule has 0 spiro atoms. The van der Waals surface area contributed by atoms with Crippen LogP contribution in [0.5, 0.6) is 0 Å². The first-order valence-corrected chi connectivity index (χ1v) is 6.19. The second-order valence-corrected chi connectivity index (χ2v) is 4.76. The van der Waals surface area contributed by atoms with Crippen molar-refractivity contribution in [3.05, 3.63) is 35.9 Å². The van der Waals surface area contributed by atoms with Gasteiger partial charge in [-0.1, -0.05) is 43.7 Å². The van der Waals surface area contributed by atoms with E-state index >= 15 is 0 Å². The Morgan fingerprint density at radius 3 is 2.35 bits per heavy atom. The van der Waals surface area contributed by atoms with Crippen molar-refractivity contribution in [3.8, 4) is 0 Å². The number of nitrogens with one attached hydrogen (secondary N) is 1. The Hall–Kier alpha value is -0.900. The third-order valence-corrected chi connectivity index (χ3v) is 3.06. The molecule has 0 unspecified atom stereocenters. The Bertz CT molecular complexity index is 315. The largest absolute Gasteiger partial charge is 0.394 e. The summed E-state index contributed by atoms with van der Waals surface area (Å²) >= 11 is 0. The van der Waals surface area contributed by atoms with E-state index in [1.807, 2.05) is 37.3 Å². The molecule has 1 aromatic rings. The maximum Gasteiger partial charge on any atom is 0.0626 e. The van der Waals surface area contributed by atoms with Crippen molar-refractivity contribution in [2.75, 3.05) is 13.2 Å². The lowest BCUT2D eigenvalue weighted by Gasteiger charge is -2.33. The van der Waals surface area contributed by atoms with Gasteiger partial charge in [-0.25, -0.2) is 0 Å². The predicted molar refractivity (Wildman–Crippen MR) is 69.8 cm³/mol. The first-order chi connectivity index (χ1) is 8.15. The van der Waals surface area contributed by atoms with Gasteiger partial charge in [-0.2, -0.15) is 0 Å². The van der Waals surface area contributed by atoms with Gasteiger partial charge in [0.2, 0.25) is 0 Å². The van der Waals surface area contributed by atoms with Crippen LogP contribution in [-0.2, 0) is 0 Å². The quantitative estimate of drug-likeness (QED) is 0.678.